The first-order valence-corrected chi connectivity index (χ1v) is 8.54. The summed E-state index contributed by atoms with van der Waals surface area (Å²) in [6, 6.07) is 11.0. The highest BCUT2D eigenvalue weighted by molar-refractivity contribution is 5.34. The second kappa shape index (κ2) is 8.21. The fourth-order valence-electron chi connectivity index (χ4n) is 3.31. The van der Waals surface area contributed by atoms with Crippen LogP contribution in [0.1, 0.15) is 42.7 Å². The Labute approximate surface area is 138 Å². The number of pyridine rings is 1. The van der Waals surface area contributed by atoms with Gasteiger partial charge < -0.3 is 4.90 Å². The van der Waals surface area contributed by atoms with E-state index in [9.17, 15) is 4.39 Å². The second-order valence-electron chi connectivity index (χ2n) is 6.24. The molecule has 1 unspecified atom stereocenters. The smallest absolute Gasteiger partial charge is 0.123 e. The van der Waals surface area contributed by atoms with Crippen molar-refractivity contribution in [2.24, 2.45) is 0 Å². The van der Waals surface area contributed by atoms with Gasteiger partial charge >= 0.3 is 0 Å². The van der Waals surface area contributed by atoms with E-state index in [-0.39, 0.29) is 11.7 Å². The summed E-state index contributed by atoms with van der Waals surface area (Å²) in [6.45, 7) is 3.57. The van der Waals surface area contributed by atoms with Gasteiger partial charge in [-0.3, -0.25) is 4.98 Å². The van der Waals surface area contributed by atoms with Crippen LogP contribution in [0.25, 0.3) is 0 Å². The van der Waals surface area contributed by atoms with Crippen molar-refractivity contribution in [2.45, 2.75) is 31.6 Å². The van der Waals surface area contributed by atoms with Crippen LogP contribution in [0.4, 0.5) is 4.39 Å². The minimum absolute atomic E-state index is 0.185. The lowest BCUT2D eigenvalue weighted by atomic mass is 9.88. The van der Waals surface area contributed by atoms with E-state index in [1.165, 1.54) is 37.9 Å². The molecule has 1 aromatic carbocycles. The Balaban J connectivity index is 1.66. The van der Waals surface area contributed by atoms with E-state index >= 15 is 0 Å². The fraction of sp³-hybridized carbons (Fsp3) is 0.400. The SMILES string of the molecule is Fc1ccc(C([CH]CCN2CCCCC2)c2ccncc2)cc1. The zero-order valence-electron chi connectivity index (χ0n) is 13.5. The van der Waals surface area contributed by atoms with E-state index in [4.69, 9.17) is 0 Å². The number of nitrogens with zero attached hydrogens (tertiary/aromatic N) is 2. The normalized spacial score (nSPS) is 17.1. The van der Waals surface area contributed by atoms with Crippen molar-refractivity contribution in [3.05, 3.63) is 72.2 Å². The molecule has 121 valence electrons. The minimum atomic E-state index is -0.185. The number of piperidine rings is 1. The van der Waals surface area contributed by atoms with Crippen LogP contribution in [0.15, 0.2) is 48.8 Å². The van der Waals surface area contributed by atoms with Crippen molar-refractivity contribution < 1.29 is 4.39 Å². The largest absolute Gasteiger partial charge is 0.303 e. The number of hydrogen-bond donors (Lipinski definition) is 0. The number of rotatable bonds is 6. The summed E-state index contributed by atoms with van der Waals surface area (Å²) >= 11 is 0. The molecule has 3 heteroatoms. The Bertz CT molecular complexity index is 576. The topological polar surface area (TPSA) is 16.1 Å². The molecule has 2 nitrogen and oxygen atoms in total. The first-order valence-electron chi connectivity index (χ1n) is 8.54. The summed E-state index contributed by atoms with van der Waals surface area (Å²) in [5.74, 6) is 0.0129. The maximum absolute atomic E-state index is 13.2. The molecule has 1 fully saturated rings. The summed E-state index contributed by atoms with van der Waals surface area (Å²) < 4.78 is 13.2. The Morgan fingerprint density at radius 1 is 0.957 bits per heavy atom. The van der Waals surface area contributed by atoms with Crippen molar-refractivity contribution in [2.75, 3.05) is 19.6 Å². The molecule has 23 heavy (non-hydrogen) atoms. The first-order chi connectivity index (χ1) is 11.3. The third kappa shape index (κ3) is 4.61. The predicted molar refractivity (Wildman–Crippen MR) is 91.7 cm³/mol. The van der Waals surface area contributed by atoms with Gasteiger partial charge in [0, 0.05) is 18.3 Å². The first kappa shape index (κ1) is 16.1. The summed E-state index contributed by atoms with van der Waals surface area (Å²) in [7, 11) is 0. The summed E-state index contributed by atoms with van der Waals surface area (Å²) in [4.78, 5) is 6.66. The predicted octanol–water partition coefficient (Wildman–Crippen LogP) is 4.43. The molecule has 1 atom stereocenters. The van der Waals surface area contributed by atoms with Crippen molar-refractivity contribution in [3.63, 3.8) is 0 Å². The van der Waals surface area contributed by atoms with Gasteiger partial charge in [-0.25, -0.2) is 4.39 Å². The Morgan fingerprint density at radius 3 is 2.30 bits per heavy atom. The van der Waals surface area contributed by atoms with Gasteiger partial charge in [0.15, 0.2) is 0 Å². The molecule has 1 aromatic heterocycles. The van der Waals surface area contributed by atoms with Gasteiger partial charge in [0.25, 0.3) is 0 Å². The molecule has 2 aromatic rings. The maximum atomic E-state index is 13.2. The highest BCUT2D eigenvalue weighted by atomic mass is 19.1. The quantitative estimate of drug-likeness (QED) is 0.784. The van der Waals surface area contributed by atoms with E-state index in [2.05, 4.69) is 16.3 Å². The van der Waals surface area contributed by atoms with Gasteiger partial charge in [0.05, 0.1) is 0 Å². The fourth-order valence-corrected chi connectivity index (χ4v) is 3.31. The molecule has 1 aliphatic heterocycles. The lowest BCUT2D eigenvalue weighted by Gasteiger charge is -2.27. The number of hydrogen-bond acceptors (Lipinski definition) is 2. The van der Waals surface area contributed by atoms with Crippen LogP contribution in [0, 0.1) is 12.2 Å². The molecule has 0 N–H and O–H groups in total. The average Bonchev–Trinajstić information content (AvgIpc) is 2.61. The Kier molecular flexibility index (Phi) is 5.76. The van der Waals surface area contributed by atoms with Crippen LogP contribution in [0.2, 0.25) is 0 Å². The number of likely N-dealkylation sites (tertiary alicyclic amines) is 1. The number of benzene rings is 1. The molecular weight excluding hydrogens is 287 g/mol. The zero-order valence-corrected chi connectivity index (χ0v) is 13.5. The Morgan fingerprint density at radius 2 is 1.61 bits per heavy atom. The number of halogens is 1. The van der Waals surface area contributed by atoms with E-state index in [1.807, 2.05) is 36.7 Å². The summed E-state index contributed by atoms with van der Waals surface area (Å²) in [5, 5.41) is 0. The van der Waals surface area contributed by atoms with Crippen LogP contribution >= 0.6 is 0 Å². The maximum Gasteiger partial charge on any atom is 0.123 e. The molecule has 3 rings (SSSR count). The van der Waals surface area contributed by atoms with Crippen molar-refractivity contribution in [3.8, 4) is 0 Å². The van der Waals surface area contributed by atoms with Crippen LogP contribution < -0.4 is 0 Å². The summed E-state index contributed by atoms with van der Waals surface area (Å²) in [6.07, 6.45) is 11.1. The van der Waals surface area contributed by atoms with Crippen LogP contribution in [0.3, 0.4) is 0 Å². The van der Waals surface area contributed by atoms with E-state index in [1.54, 1.807) is 12.1 Å². The van der Waals surface area contributed by atoms with E-state index < -0.39 is 0 Å². The zero-order chi connectivity index (χ0) is 15.9. The third-order valence-electron chi connectivity index (χ3n) is 4.59. The molecule has 0 spiro atoms. The highest BCUT2D eigenvalue weighted by Gasteiger charge is 2.16. The number of aromatic nitrogens is 1. The average molecular weight is 311 g/mol. The van der Waals surface area contributed by atoms with E-state index in [0.717, 1.165) is 18.5 Å². The molecule has 0 aliphatic carbocycles. The van der Waals surface area contributed by atoms with Crippen LogP contribution in [-0.2, 0) is 0 Å². The van der Waals surface area contributed by atoms with Gasteiger partial charge in [0.2, 0.25) is 0 Å². The monoisotopic (exact) mass is 311 g/mol. The van der Waals surface area contributed by atoms with Crippen molar-refractivity contribution in [1.29, 1.82) is 0 Å². The molecule has 0 amide bonds. The second-order valence-corrected chi connectivity index (χ2v) is 6.24. The minimum Gasteiger partial charge on any atom is -0.303 e. The molecule has 1 aliphatic rings. The molecule has 1 saturated heterocycles. The van der Waals surface area contributed by atoms with Crippen molar-refractivity contribution in [1.82, 2.24) is 9.88 Å². The van der Waals surface area contributed by atoms with Gasteiger partial charge in [-0.15, -0.1) is 0 Å². The van der Waals surface area contributed by atoms with Crippen LogP contribution in [0.5, 0.6) is 0 Å². The van der Waals surface area contributed by atoms with Crippen molar-refractivity contribution >= 4 is 0 Å². The summed E-state index contributed by atoms with van der Waals surface area (Å²) in [5.41, 5.74) is 2.35. The third-order valence-corrected chi connectivity index (χ3v) is 4.59. The van der Waals surface area contributed by atoms with Gasteiger partial charge in [-0.05, 0) is 80.7 Å². The molecule has 0 bridgehead atoms. The van der Waals surface area contributed by atoms with Gasteiger partial charge in [-0.2, -0.15) is 0 Å². The van der Waals surface area contributed by atoms with Gasteiger partial charge in [-0.1, -0.05) is 18.6 Å². The Hall–Kier alpha value is -1.74. The standard InChI is InChI=1S/C20H24FN2/c21-19-8-6-17(7-9-19)20(18-10-12-22-13-11-18)5-4-16-23-14-2-1-3-15-23/h5-13,20H,1-4,14-16H2. The molecular formula is C20H24FN2. The lowest BCUT2D eigenvalue weighted by Crippen LogP contribution is -2.30. The molecule has 2 heterocycles. The molecule has 0 saturated carbocycles. The van der Waals surface area contributed by atoms with Crippen LogP contribution in [-0.4, -0.2) is 29.5 Å². The lowest BCUT2D eigenvalue weighted by molar-refractivity contribution is 0.230. The van der Waals surface area contributed by atoms with E-state index in [0.29, 0.717) is 0 Å². The highest BCUT2D eigenvalue weighted by Crippen LogP contribution is 2.28. The molecule has 1 radical (unpaired) electrons. The van der Waals surface area contributed by atoms with Gasteiger partial charge in [0.1, 0.15) is 5.82 Å².